The number of imidazole rings is 1. The van der Waals surface area contributed by atoms with Crippen molar-refractivity contribution in [3.05, 3.63) is 54.1 Å². The molecule has 1 spiro atoms. The first kappa shape index (κ1) is 14.0. The van der Waals surface area contributed by atoms with Gasteiger partial charge in [-0.2, -0.15) is 0 Å². The van der Waals surface area contributed by atoms with Crippen LogP contribution in [0.2, 0.25) is 0 Å². The van der Waals surface area contributed by atoms with Crippen LogP contribution in [0.25, 0.3) is 0 Å². The van der Waals surface area contributed by atoms with E-state index in [9.17, 15) is 0 Å². The lowest BCUT2D eigenvalue weighted by molar-refractivity contribution is -0.0152. The molecule has 2 aromatic rings. The van der Waals surface area contributed by atoms with Crippen LogP contribution in [0.5, 0.6) is 0 Å². The lowest BCUT2D eigenvalue weighted by atomic mass is 9.77. The molecule has 2 aliphatic heterocycles. The molecule has 22 heavy (non-hydrogen) atoms. The van der Waals surface area contributed by atoms with Gasteiger partial charge in [0.15, 0.2) is 0 Å². The first-order valence-corrected chi connectivity index (χ1v) is 8.06. The summed E-state index contributed by atoms with van der Waals surface area (Å²) >= 11 is 0. The highest BCUT2D eigenvalue weighted by Gasteiger charge is 2.48. The van der Waals surface area contributed by atoms with Gasteiger partial charge in [0, 0.05) is 38.3 Å². The highest BCUT2D eigenvalue weighted by molar-refractivity contribution is 5.16. The van der Waals surface area contributed by atoms with E-state index in [1.54, 1.807) is 0 Å². The molecule has 3 heterocycles. The lowest BCUT2D eigenvalue weighted by Gasteiger charge is -2.47. The molecule has 0 bridgehead atoms. The van der Waals surface area contributed by atoms with Crippen molar-refractivity contribution in [3.63, 3.8) is 0 Å². The predicted octanol–water partition coefficient (Wildman–Crippen LogP) is 2.25. The molecule has 0 saturated carbocycles. The number of likely N-dealkylation sites (tertiary alicyclic amines) is 1. The van der Waals surface area contributed by atoms with Crippen molar-refractivity contribution in [2.75, 3.05) is 19.7 Å². The number of nitrogens with zero attached hydrogens (tertiary/aromatic N) is 3. The maximum atomic E-state index is 6.08. The van der Waals surface area contributed by atoms with Gasteiger partial charge in [0.1, 0.15) is 0 Å². The number of rotatable bonds is 4. The summed E-state index contributed by atoms with van der Waals surface area (Å²) in [5.74, 6) is 0. The third-order valence-corrected chi connectivity index (χ3v) is 5.01. The summed E-state index contributed by atoms with van der Waals surface area (Å²) in [5, 5.41) is 0. The Labute approximate surface area is 131 Å². The molecule has 0 N–H and O–H groups in total. The van der Waals surface area contributed by atoms with Gasteiger partial charge in [-0.15, -0.1) is 0 Å². The summed E-state index contributed by atoms with van der Waals surface area (Å²) in [6.07, 6.45) is 6.48. The number of benzene rings is 1. The van der Waals surface area contributed by atoms with E-state index in [1.165, 1.54) is 17.7 Å². The van der Waals surface area contributed by atoms with Gasteiger partial charge in [-0.05, 0) is 18.4 Å². The molecule has 1 atom stereocenters. The average Bonchev–Trinajstić information content (AvgIpc) is 3.07. The molecule has 1 aromatic carbocycles. The molecule has 0 unspecified atom stereocenters. The molecule has 4 nitrogen and oxygen atoms in total. The Bertz CT molecular complexity index is 631. The van der Waals surface area contributed by atoms with Gasteiger partial charge in [-0.25, -0.2) is 4.98 Å². The second kappa shape index (κ2) is 5.52. The third-order valence-electron chi connectivity index (χ3n) is 5.01. The van der Waals surface area contributed by atoms with Crippen LogP contribution >= 0.6 is 0 Å². The minimum atomic E-state index is 0.390. The van der Waals surface area contributed by atoms with E-state index in [-0.39, 0.29) is 0 Å². The zero-order valence-corrected chi connectivity index (χ0v) is 13.1. The van der Waals surface area contributed by atoms with E-state index < -0.39 is 0 Å². The molecule has 4 heteroatoms. The molecule has 0 amide bonds. The van der Waals surface area contributed by atoms with Crippen LogP contribution in [0.15, 0.2) is 42.9 Å². The second-order valence-electron chi connectivity index (χ2n) is 6.97. The maximum Gasteiger partial charge on any atom is 0.0945 e. The fourth-order valence-corrected chi connectivity index (χ4v) is 3.90. The monoisotopic (exact) mass is 297 g/mol. The Balaban J connectivity index is 1.30. The van der Waals surface area contributed by atoms with Crippen LogP contribution in [-0.2, 0) is 24.8 Å². The molecule has 0 aliphatic carbocycles. The quantitative estimate of drug-likeness (QED) is 0.867. The molecular formula is C18H23N3O. The van der Waals surface area contributed by atoms with Crippen molar-refractivity contribution in [2.24, 2.45) is 12.5 Å². The van der Waals surface area contributed by atoms with Crippen LogP contribution < -0.4 is 0 Å². The molecular weight excluding hydrogens is 274 g/mol. The minimum Gasteiger partial charge on any atom is -0.377 e. The number of hydrogen-bond donors (Lipinski definition) is 0. The van der Waals surface area contributed by atoms with Gasteiger partial charge < -0.3 is 9.30 Å². The van der Waals surface area contributed by atoms with Gasteiger partial charge in [0.25, 0.3) is 0 Å². The molecule has 2 fully saturated rings. The fraction of sp³-hybridized carbons (Fsp3) is 0.500. The van der Waals surface area contributed by atoms with Crippen LogP contribution in [-0.4, -0.2) is 40.3 Å². The Kier molecular flexibility index (Phi) is 3.51. The van der Waals surface area contributed by atoms with Crippen LogP contribution in [0.3, 0.4) is 0 Å². The minimum absolute atomic E-state index is 0.390. The van der Waals surface area contributed by atoms with Gasteiger partial charge in [-0.3, -0.25) is 4.90 Å². The van der Waals surface area contributed by atoms with E-state index in [1.807, 2.05) is 12.5 Å². The molecule has 116 valence electrons. The molecule has 1 aromatic heterocycles. The topological polar surface area (TPSA) is 30.3 Å². The Morgan fingerprint density at radius 1 is 1.27 bits per heavy atom. The zero-order chi connectivity index (χ0) is 15.0. The molecule has 4 rings (SSSR count). The highest BCUT2D eigenvalue weighted by Crippen LogP contribution is 2.42. The summed E-state index contributed by atoms with van der Waals surface area (Å²) < 4.78 is 8.18. The first-order valence-electron chi connectivity index (χ1n) is 8.06. The SMILES string of the molecule is Cn1cncc1CN1CC2(CO[C@H](Cc3ccccc3)C2)C1. The Hall–Kier alpha value is -1.65. The van der Waals surface area contributed by atoms with Crippen LogP contribution in [0.4, 0.5) is 0 Å². The summed E-state index contributed by atoms with van der Waals surface area (Å²) in [5.41, 5.74) is 3.07. The van der Waals surface area contributed by atoms with E-state index in [2.05, 4.69) is 51.8 Å². The van der Waals surface area contributed by atoms with E-state index in [0.29, 0.717) is 11.5 Å². The summed E-state index contributed by atoms with van der Waals surface area (Å²) in [7, 11) is 2.06. The molecule has 2 aliphatic rings. The van der Waals surface area contributed by atoms with Gasteiger partial charge in [-0.1, -0.05) is 30.3 Å². The fourth-order valence-electron chi connectivity index (χ4n) is 3.90. The van der Waals surface area contributed by atoms with Gasteiger partial charge in [0.05, 0.1) is 24.7 Å². The lowest BCUT2D eigenvalue weighted by Crippen LogP contribution is -2.56. The third kappa shape index (κ3) is 2.69. The summed E-state index contributed by atoms with van der Waals surface area (Å²) in [6, 6.07) is 10.7. The standard InChI is InChI=1S/C18H23N3O/c1-20-14-19-9-16(20)10-21-11-18(12-21)8-17(22-13-18)7-15-5-3-2-4-6-15/h2-6,9,14,17H,7-8,10-13H2,1H3/t17-/m1/s1. The van der Waals surface area contributed by atoms with E-state index in [4.69, 9.17) is 4.74 Å². The number of aryl methyl sites for hydroxylation is 1. The highest BCUT2D eigenvalue weighted by atomic mass is 16.5. The average molecular weight is 297 g/mol. The Morgan fingerprint density at radius 3 is 2.82 bits per heavy atom. The number of hydrogen-bond acceptors (Lipinski definition) is 3. The smallest absolute Gasteiger partial charge is 0.0945 e. The van der Waals surface area contributed by atoms with Crippen molar-refractivity contribution in [2.45, 2.75) is 25.5 Å². The zero-order valence-electron chi connectivity index (χ0n) is 13.1. The maximum absolute atomic E-state index is 6.08. The summed E-state index contributed by atoms with van der Waals surface area (Å²) in [4.78, 5) is 6.70. The van der Waals surface area contributed by atoms with Crippen molar-refractivity contribution in [1.82, 2.24) is 14.5 Å². The Morgan fingerprint density at radius 2 is 2.09 bits per heavy atom. The van der Waals surface area contributed by atoms with Crippen molar-refractivity contribution in [1.29, 1.82) is 0 Å². The molecule has 0 radical (unpaired) electrons. The van der Waals surface area contributed by atoms with E-state index >= 15 is 0 Å². The summed E-state index contributed by atoms with van der Waals surface area (Å²) in [6.45, 7) is 4.24. The molecule has 2 saturated heterocycles. The van der Waals surface area contributed by atoms with Crippen LogP contribution in [0.1, 0.15) is 17.7 Å². The predicted molar refractivity (Wildman–Crippen MR) is 85.4 cm³/mol. The number of ether oxygens (including phenoxy) is 1. The van der Waals surface area contributed by atoms with Crippen LogP contribution in [0, 0.1) is 5.41 Å². The largest absolute Gasteiger partial charge is 0.377 e. The van der Waals surface area contributed by atoms with Gasteiger partial charge >= 0.3 is 0 Å². The van der Waals surface area contributed by atoms with Crippen molar-refractivity contribution < 1.29 is 4.74 Å². The van der Waals surface area contributed by atoms with E-state index in [0.717, 1.165) is 32.7 Å². The van der Waals surface area contributed by atoms with Gasteiger partial charge in [0.2, 0.25) is 0 Å². The normalized spacial score (nSPS) is 23.8. The van der Waals surface area contributed by atoms with Crippen molar-refractivity contribution in [3.8, 4) is 0 Å². The first-order chi connectivity index (χ1) is 10.7. The number of aromatic nitrogens is 2. The second-order valence-corrected chi connectivity index (χ2v) is 6.97. The van der Waals surface area contributed by atoms with Crippen molar-refractivity contribution >= 4 is 0 Å².